The van der Waals surface area contributed by atoms with Crippen LogP contribution in [0.2, 0.25) is 10.0 Å². The number of anilines is 1. The number of amides is 1. The molecule has 1 aromatic rings. The molecule has 2 nitrogen and oxygen atoms in total. The Morgan fingerprint density at radius 1 is 1.25 bits per heavy atom. The molecule has 4 heteroatoms. The van der Waals surface area contributed by atoms with Crippen LogP contribution in [0.3, 0.4) is 0 Å². The second-order valence-electron chi connectivity index (χ2n) is 3.50. The van der Waals surface area contributed by atoms with Crippen LogP contribution in [0.4, 0.5) is 5.69 Å². The van der Waals surface area contributed by atoms with E-state index in [0.717, 1.165) is 12.1 Å². The van der Waals surface area contributed by atoms with Crippen LogP contribution in [0.1, 0.15) is 26.7 Å². The molecular weight excluding hydrogens is 245 g/mol. The maximum atomic E-state index is 11.7. The van der Waals surface area contributed by atoms with E-state index in [0.29, 0.717) is 23.0 Å². The standard InChI is InChI=1S/C12H15Cl2NO/c1-3-7-15(12(16)4-2)9-5-6-10(13)11(14)8-9/h5-6,8H,3-4,7H2,1-2H3. The van der Waals surface area contributed by atoms with E-state index in [1.807, 2.05) is 19.9 Å². The molecule has 0 saturated heterocycles. The Bertz CT molecular complexity index is 379. The lowest BCUT2D eigenvalue weighted by Crippen LogP contribution is -2.30. The van der Waals surface area contributed by atoms with Gasteiger partial charge in [-0.05, 0) is 24.6 Å². The highest BCUT2D eigenvalue weighted by molar-refractivity contribution is 6.42. The van der Waals surface area contributed by atoms with Crippen LogP contribution in [0, 0.1) is 0 Å². The Balaban J connectivity index is 3.01. The van der Waals surface area contributed by atoms with Crippen molar-refractivity contribution in [2.45, 2.75) is 26.7 Å². The lowest BCUT2D eigenvalue weighted by molar-refractivity contribution is -0.118. The normalized spacial score (nSPS) is 10.2. The molecule has 0 bridgehead atoms. The minimum atomic E-state index is 0.0974. The van der Waals surface area contributed by atoms with Crippen molar-refractivity contribution in [2.75, 3.05) is 11.4 Å². The fourth-order valence-corrected chi connectivity index (χ4v) is 1.76. The van der Waals surface area contributed by atoms with E-state index in [9.17, 15) is 4.79 Å². The number of benzene rings is 1. The number of hydrogen-bond donors (Lipinski definition) is 0. The van der Waals surface area contributed by atoms with Gasteiger partial charge < -0.3 is 4.90 Å². The Labute approximate surface area is 106 Å². The van der Waals surface area contributed by atoms with Crippen molar-refractivity contribution in [2.24, 2.45) is 0 Å². The van der Waals surface area contributed by atoms with E-state index in [-0.39, 0.29) is 5.91 Å². The smallest absolute Gasteiger partial charge is 0.226 e. The first kappa shape index (κ1) is 13.3. The van der Waals surface area contributed by atoms with Crippen molar-refractivity contribution in [3.05, 3.63) is 28.2 Å². The third-order valence-corrected chi connectivity index (χ3v) is 3.00. The van der Waals surface area contributed by atoms with Crippen LogP contribution in [0.15, 0.2) is 18.2 Å². The van der Waals surface area contributed by atoms with Crippen molar-refractivity contribution < 1.29 is 4.79 Å². The minimum Gasteiger partial charge on any atom is -0.312 e. The van der Waals surface area contributed by atoms with Gasteiger partial charge in [0, 0.05) is 18.7 Å². The van der Waals surface area contributed by atoms with E-state index in [2.05, 4.69) is 0 Å². The summed E-state index contributed by atoms with van der Waals surface area (Å²) in [7, 11) is 0. The second kappa shape index (κ2) is 6.12. The summed E-state index contributed by atoms with van der Waals surface area (Å²) in [5, 5.41) is 0.981. The number of nitrogens with zero attached hydrogens (tertiary/aromatic N) is 1. The fraction of sp³-hybridized carbons (Fsp3) is 0.417. The SMILES string of the molecule is CCCN(C(=O)CC)c1ccc(Cl)c(Cl)c1. The molecule has 0 heterocycles. The van der Waals surface area contributed by atoms with Crippen LogP contribution < -0.4 is 4.90 Å². The summed E-state index contributed by atoms with van der Waals surface area (Å²) in [6.45, 7) is 4.58. The molecule has 0 aliphatic carbocycles. The van der Waals surface area contributed by atoms with Gasteiger partial charge in [-0.25, -0.2) is 0 Å². The van der Waals surface area contributed by atoms with Gasteiger partial charge in [-0.15, -0.1) is 0 Å². The van der Waals surface area contributed by atoms with E-state index in [1.165, 1.54) is 0 Å². The van der Waals surface area contributed by atoms with Gasteiger partial charge in [0.05, 0.1) is 10.0 Å². The van der Waals surface area contributed by atoms with Gasteiger partial charge in [-0.2, -0.15) is 0 Å². The summed E-state index contributed by atoms with van der Waals surface area (Å²) >= 11 is 11.8. The Kier molecular flexibility index (Phi) is 5.10. The maximum Gasteiger partial charge on any atom is 0.226 e. The quantitative estimate of drug-likeness (QED) is 0.796. The zero-order valence-corrected chi connectivity index (χ0v) is 11.0. The van der Waals surface area contributed by atoms with Crippen molar-refractivity contribution in [3.63, 3.8) is 0 Å². The molecule has 0 saturated carbocycles. The van der Waals surface area contributed by atoms with Gasteiger partial charge in [0.1, 0.15) is 0 Å². The van der Waals surface area contributed by atoms with Gasteiger partial charge in [0.25, 0.3) is 0 Å². The van der Waals surface area contributed by atoms with E-state index in [4.69, 9.17) is 23.2 Å². The molecular formula is C12H15Cl2NO. The van der Waals surface area contributed by atoms with Crippen molar-refractivity contribution >= 4 is 34.8 Å². The molecule has 0 aliphatic rings. The predicted molar refractivity (Wildman–Crippen MR) is 69.4 cm³/mol. The summed E-state index contributed by atoms with van der Waals surface area (Å²) < 4.78 is 0. The minimum absolute atomic E-state index is 0.0974. The van der Waals surface area contributed by atoms with E-state index in [1.54, 1.807) is 17.0 Å². The summed E-state index contributed by atoms with van der Waals surface area (Å²) in [5.41, 5.74) is 0.808. The zero-order chi connectivity index (χ0) is 12.1. The highest BCUT2D eigenvalue weighted by Crippen LogP contribution is 2.27. The molecule has 0 unspecified atom stereocenters. The lowest BCUT2D eigenvalue weighted by atomic mass is 10.2. The lowest BCUT2D eigenvalue weighted by Gasteiger charge is -2.22. The maximum absolute atomic E-state index is 11.7. The molecule has 0 aliphatic heterocycles. The zero-order valence-electron chi connectivity index (χ0n) is 9.46. The molecule has 1 amide bonds. The third kappa shape index (κ3) is 3.13. The second-order valence-corrected chi connectivity index (χ2v) is 4.31. The van der Waals surface area contributed by atoms with Crippen LogP contribution >= 0.6 is 23.2 Å². The van der Waals surface area contributed by atoms with Crippen molar-refractivity contribution in [3.8, 4) is 0 Å². The number of carbonyl (C=O) groups is 1. The summed E-state index contributed by atoms with van der Waals surface area (Å²) in [6.07, 6.45) is 1.40. The van der Waals surface area contributed by atoms with Gasteiger partial charge >= 0.3 is 0 Å². The van der Waals surface area contributed by atoms with E-state index >= 15 is 0 Å². The Morgan fingerprint density at radius 3 is 2.44 bits per heavy atom. The van der Waals surface area contributed by atoms with Crippen LogP contribution in [0.5, 0.6) is 0 Å². The topological polar surface area (TPSA) is 20.3 Å². The van der Waals surface area contributed by atoms with Gasteiger partial charge in [-0.1, -0.05) is 37.0 Å². The molecule has 16 heavy (non-hydrogen) atoms. The van der Waals surface area contributed by atoms with E-state index < -0.39 is 0 Å². The fourth-order valence-electron chi connectivity index (χ4n) is 1.47. The average Bonchev–Trinajstić information content (AvgIpc) is 2.29. The predicted octanol–water partition coefficient (Wildman–Crippen LogP) is 4.15. The number of halogens is 2. The number of hydrogen-bond acceptors (Lipinski definition) is 1. The first-order chi connectivity index (χ1) is 7.60. The van der Waals surface area contributed by atoms with Gasteiger partial charge in [0.2, 0.25) is 5.91 Å². The Morgan fingerprint density at radius 2 is 1.94 bits per heavy atom. The summed E-state index contributed by atoms with van der Waals surface area (Å²) in [4.78, 5) is 13.5. The third-order valence-electron chi connectivity index (χ3n) is 2.27. The first-order valence-corrected chi connectivity index (χ1v) is 6.11. The molecule has 0 fully saturated rings. The average molecular weight is 260 g/mol. The molecule has 0 N–H and O–H groups in total. The first-order valence-electron chi connectivity index (χ1n) is 5.35. The van der Waals surface area contributed by atoms with Crippen molar-refractivity contribution in [1.29, 1.82) is 0 Å². The Hall–Kier alpha value is -0.730. The highest BCUT2D eigenvalue weighted by atomic mass is 35.5. The van der Waals surface area contributed by atoms with Gasteiger partial charge in [0.15, 0.2) is 0 Å². The molecule has 0 spiro atoms. The van der Waals surface area contributed by atoms with Crippen LogP contribution in [-0.4, -0.2) is 12.5 Å². The van der Waals surface area contributed by atoms with Gasteiger partial charge in [-0.3, -0.25) is 4.79 Å². The molecule has 88 valence electrons. The number of rotatable bonds is 4. The highest BCUT2D eigenvalue weighted by Gasteiger charge is 2.13. The molecule has 1 aromatic carbocycles. The largest absolute Gasteiger partial charge is 0.312 e. The van der Waals surface area contributed by atoms with Crippen LogP contribution in [-0.2, 0) is 4.79 Å². The summed E-state index contributed by atoms with van der Waals surface area (Å²) in [5.74, 6) is 0.0974. The monoisotopic (exact) mass is 259 g/mol. The molecule has 0 radical (unpaired) electrons. The summed E-state index contributed by atoms with van der Waals surface area (Å²) in [6, 6.07) is 5.26. The van der Waals surface area contributed by atoms with Crippen LogP contribution in [0.25, 0.3) is 0 Å². The molecule has 0 aromatic heterocycles. The van der Waals surface area contributed by atoms with Crippen molar-refractivity contribution in [1.82, 2.24) is 0 Å². The molecule has 0 atom stereocenters. The number of carbonyl (C=O) groups excluding carboxylic acids is 1. The molecule has 1 rings (SSSR count).